The minimum Gasteiger partial charge on any atom is -0.383 e. The second-order valence-corrected chi connectivity index (χ2v) is 12.9. The van der Waals surface area contributed by atoms with Gasteiger partial charge in [-0.1, -0.05) is 20.8 Å². The van der Waals surface area contributed by atoms with Crippen molar-refractivity contribution in [1.82, 2.24) is 25.9 Å². The highest BCUT2D eigenvalue weighted by Crippen LogP contribution is 2.54. The second-order valence-electron chi connectivity index (χ2n) is 12.0. The van der Waals surface area contributed by atoms with E-state index in [1.165, 1.54) is 23.7 Å². The molecule has 0 amide bonds. The number of nitrogens with one attached hydrogen (secondary N) is 4. The fourth-order valence-corrected chi connectivity index (χ4v) is 6.15. The maximum absolute atomic E-state index is 13.9. The molecule has 4 N–H and O–H groups in total. The Balaban J connectivity index is 1.47. The molecule has 13 heteroatoms. The van der Waals surface area contributed by atoms with E-state index in [-0.39, 0.29) is 18.3 Å². The summed E-state index contributed by atoms with van der Waals surface area (Å²) < 4.78 is 42.8. The van der Waals surface area contributed by atoms with Gasteiger partial charge in [-0.3, -0.25) is 15.0 Å². The summed E-state index contributed by atoms with van der Waals surface area (Å²) in [5, 5.41) is 31.3. The van der Waals surface area contributed by atoms with Crippen LogP contribution >= 0.6 is 11.3 Å². The number of nitriles is 2. The average Bonchev–Trinajstić information content (AvgIpc) is 3.47. The highest BCUT2D eigenvalue weighted by molar-refractivity contribution is 7.17. The Morgan fingerprint density at radius 3 is 2.56 bits per heavy atom. The van der Waals surface area contributed by atoms with Gasteiger partial charge in [0.25, 0.3) is 0 Å². The van der Waals surface area contributed by atoms with Gasteiger partial charge in [0.15, 0.2) is 5.54 Å². The third-order valence-electron chi connectivity index (χ3n) is 7.65. The van der Waals surface area contributed by atoms with Crippen molar-refractivity contribution in [2.45, 2.75) is 51.4 Å². The molecule has 3 aromatic heterocycles. The number of aromatic nitrogens is 2. The van der Waals surface area contributed by atoms with Crippen LogP contribution in [-0.4, -0.2) is 33.2 Å². The number of alkyl halides is 3. The molecule has 1 atom stereocenters. The third-order valence-corrected chi connectivity index (χ3v) is 8.60. The molecule has 220 valence electrons. The number of hydrogen-bond donors (Lipinski definition) is 4. The zero-order chi connectivity index (χ0) is 30.6. The quantitative estimate of drug-likeness (QED) is 0.188. The number of nitrogens with zero attached hydrogens (tertiary/aromatic N) is 5. The van der Waals surface area contributed by atoms with E-state index >= 15 is 0 Å². The summed E-state index contributed by atoms with van der Waals surface area (Å²) in [6, 6.07) is 9.12. The van der Waals surface area contributed by atoms with E-state index in [1.807, 2.05) is 17.5 Å². The van der Waals surface area contributed by atoms with E-state index in [0.29, 0.717) is 45.6 Å². The molecule has 9 nitrogen and oxygen atoms in total. The van der Waals surface area contributed by atoms with Gasteiger partial charge in [-0.05, 0) is 47.4 Å². The van der Waals surface area contributed by atoms with Gasteiger partial charge in [-0.2, -0.15) is 23.7 Å². The molecule has 6 rings (SSSR count). The van der Waals surface area contributed by atoms with Crippen molar-refractivity contribution in [2.75, 3.05) is 17.2 Å². The van der Waals surface area contributed by atoms with Crippen LogP contribution in [0, 0.1) is 28.1 Å². The van der Waals surface area contributed by atoms with Crippen LogP contribution in [0.3, 0.4) is 0 Å². The Hall–Kier alpha value is -4.59. The number of hydrogen-bond acceptors (Lipinski definition) is 10. The average molecular weight is 604 g/mol. The van der Waals surface area contributed by atoms with E-state index in [0.717, 1.165) is 20.7 Å². The zero-order valence-corrected chi connectivity index (χ0v) is 24.4. The number of anilines is 2. The van der Waals surface area contributed by atoms with E-state index in [9.17, 15) is 23.7 Å². The molecule has 0 unspecified atom stereocenters. The molecule has 4 heterocycles. The van der Waals surface area contributed by atoms with E-state index < -0.39 is 17.8 Å². The fourth-order valence-electron chi connectivity index (χ4n) is 5.20. The first kappa shape index (κ1) is 28.5. The normalized spacial score (nSPS) is 16.7. The van der Waals surface area contributed by atoms with Crippen LogP contribution in [0.5, 0.6) is 0 Å². The van der Waals surface area contributed by atoms with Gasteiger partial charge >= 0.3 is 6.18 Å². The van der Waals surface area contributed by atoms with E-state index in [4.69, 9.17) is 0 Å². The van der Waals surface area contributed by atoms with Crippen LogP contribution in [0.1, 0.15) is 56.3 Å². The number of hydrazine groups is 2. The fraction of sp³-hybridized carbons (Fsp3) is 0.333. The summed E-state index contributed by atoms with van der Waals surface area (Å²) in [4.78, 5) is 8.62. The van der Waals surface area contributed by atoms with Crippen molar-refractivity contribution in [3.63, 3.8) is 0 Å². The van der Waals surface area contributed by atoms with Crippen molar-refractivity contribution in [2.24, 2.45) is 5.41 Å². The predicted molar refractivity (Wildman–Crippen MR) is 159 cm³/mol. The Morgan fingerprint density at radius 2 is 1.88 bits per heavy atom. The van der Waals surface area contributed by atoms with Crippen molar-refractivity contribution in [3.8, 4) is 12.1 Å². The number of thiophene rings is 1. The highest BCUT2D eigenvalue weighted by Gasteiger charge is 2.67. The summed E-state index contributed by atoms with van der Waals surface area (Å²) in [6.45, 7) is 6.77. The Bertz CT molecular complexity index is 1840. The van der Waals surface area contributed by atoms with Crippen LogP contribution in [0.4, 0.5) is 24.5 Å². The van der Waals surface area contributed by atoms with Gasteiger partial charge in [0.1, 0.15) is 12.1 Å². The molecule has 0 spiro atoms. The largest absolute Gasteiger partial charge is 0.413 e. The van der Waals surface area contributed by atoms with Crippen molar-refractivity contribution in [3.05, 3.63) is 70.8 Å². The molecule has 1 saturated carbocycles. The molecule has 43 heavy (non-hydrogen) atoms. The smallest absolute Gasteiger partial charge is 0.383 e. The molecular weight excluding hydrogens is 575 g/mol. The Labute approximate surface area is 250 Å². The van der Waals surface area contributed by atoms with Crippen LogP contribution in [0.2, 0.25) is 0 Å². The molecule has 1 aliphatic heterocycles. The zero-order valence-electron chi connectivity index (χ0n) is 23.6. The first-order valence-electron chi connectivity index (χ1n) is 13.6. The van der Waals surface area contributed by atoms with Crippen molar-refractivity contribution in [1.29, 1.82) is 10.5 Å². The van der Waals surface area contributed by atoms with Crippen LogP contribution in [-0.2, 0) is 0 Å². The van der Waals surface area contributed by atoms with Crippen molar-refractivity contribution < 1.29 is 13.2 Å². The van der Waals surface area contributed by atoms with E-state index in [1.54, 1.807) is 18.5 Å². The first-order valence-corrected chi connectivity index (χ1v) is 14.5. The SMILES string of the molecule is CC(C)(C)CNc1c(C#N)cnc2c(C#N)cc(N[C@H](C3=CN(C4(C(F)(F)F)CC4)NN3)c3csc4cnccc34)cc12. The van der Waals surface area contributed by atoms with Crippen LogP contribution in [0.15, 0.2) is 54.1 Å². The van der Waals surface area contributed by atoms with Gasteiger partial charge < -0.3 is 16.1 Å². The van der Waals surface area contributed by atoms with E-state index in [2.05, 4.69) is 64.5 Å². The lowest BCUT2D eigenvalue weighted by Gasteiger charge is -2.28. The molecule has 0 saturated heterocycles. The Morgan fingerprint density at radius 1 is 1.12 bits per heavy atom. The highest BCUT2D eigenvalue weighted by atomic mass is 32.1. The first-order chi connectivity index (χ1) is 20.4. The summed E-state index contributed by atoms with van der Waals surface area (Å²) in [7, 11) is 0. The molecule has 1 aromatic carbocycles. The van der Waals surface area contributed by atoms with Gasteiger partial charge in [-0.25, -0.2) is 0 Å². The van der Waals surface area contributed by atoms with Crippen LogP contribution < -0.4 is 21.6 Å². The number of fused-ring (bicyclic) bond motifs is 2. The standard InChI is InChI=1S/C30H28F3N9S/c1-28(2,3)16-38-26-18(11-35)12-37-25-17(10-34)8-19(9-21(25)26)39-27(22-15-43-24-13-36-7-4-20(22)24)23-14-42(41-40-23)29(5-6-29)30(31,32)33/h4,7-9,12-15,27,39-41H,5-6,16H2,1-3H3,(H,37,38)/t27-/m0/s1. The number of benzene rings is 1. The number of pyridine rings is 2. The molecule has 0 bridgehead atoms. The minimum atomic E-state index is -4.40. The lowest BCUT2D eigenvalue weighted by atomic mass is 9.96. The Kier molecular flexibility index (Phi) is 6.83. The minimum absolute atomic E-state index is 0.00508. The summed E-state index contributed by atoms with van der Waals surface area (Å²) in [6.07, 6.45) is 1.92. The van der Waals surface area contributed by atoms with Gasteiger partial charge in [0.05, 0.1) is 38.8 Å². The monoisotopic (exact) mass is 603 g/mol. The number of halogens is 3. The third kappa shape index (κ3) is 5.15. The summed E-state index contributed by atoms with van der Waals surface area (Å²) >= 11 is 1.48. The summed E-state index contributed by atoms with van der Waals surface area (Å²) in [5.74, 6) is 0. The molecular formula is C30H28F3N9S. The predicted octanol–water partition coefficient (Wildman–Crippen LogP) is 6.46. The molecule has 2 aliphatic rings. The lowest BCUT2D eigenvalue weighted by Crippen LogP contribution is -2.52. The molecule has 4 aromatic rings. The van der Waals surface area contributed by atoms with Gasteiger partial charge in [-0.15, -0.1) is 16.9 Å². The molecule has 1 aliphatic carbocycles. The summed E-state index contributed by atoms with van der Waals surface area (Å²) in [5.41, 5.74) is 7.11. The number of rotatable bonds is 7. The second kappa shape index (κ2) is 10.3. The molecule has 1 fully saturated rings. The van der Waals surface area contributed by atoms with Crippen molar-refractivity contribution >= 4 is 43.7 Å². The van der Waals surface area contributed by atoms with Gasteiger partial charge in [0.2, 0.25) is 0 Å². The maximum Gasteiger partial charge on any atom is 0.413 e. The van der Waals surface area contributed by atoms with Crippen LogP contribution in [0.25, 0.3) is 21.0 Å². The van der Waals surface area contributed by atoms with Gasteiger partial charge in [0, 0.05) is 47.8 Å². The maximum atomic E-state index is 13.9. The molecule has 0 radical (unpaired) electrons. The lowest BCUT2D eigenvalue weighted by molar-refractivity contribution is -0.195. The topological polar surface area (TPSA) is 125 Å².